The highest BCUT2D eigenvalue weighted by Crippen LogP contribution is 2.12. The second-order valence-electron chi connectivity index (χ2n) is 6.09. The number of rotatable bonds is 6. The molecule has 1 amide bonds. The Morgan fingerprint density at radius 2 is 1.73 bits per heavy atom. The summed E-state index contributed by atoms with van der Waals surface area (Å²) in [5.74, 6) is 0.0250. The van der Waals surface area contributed by atoms with Crippen molar-refractivity contribution >= 4 is 5.91 Å². The van der Waals surface area contributed by atoms with Gasteiger partial charge in [0.2, 0.25) is 5.91 Å². The number of hydrogen-bond acceptors (Lipinski definition) is 3. The van der Waals surface area contributed by atoms with Gasteiger partial charge in [0.25, 0.3) is 0 Å². The van der Waals surface area contributed by atoms with Gasteiger partial charge in [0.1, 0.15) is 0 Å². The standard InChI is InChI=1S/C18H28N2O2/c21-17(16-9-5-4-6-10-16)15-19-18(22)11-14-20-12-7-2-1-3-8-13-20/h4-6,9-10,17,21H,1-3,7-8,11-15H2,(H,19,22)/t17-/m0/s1. The smallest absolute Gasteiger partial charge is 0.221 e. The van der Waals surface area contributed by atoms with Gasteiger partial charge in [0.05, 0.1) is 6.10 Å². The summed E-state index contributed by atoms with van der Waals surface area (Å²) in [5.41, 5.74) is 0.839. The summed E-state index contributed by atoms with van der Waals surface area (Å²) < 4.78 is 0. The van der Waals surface area contributed by atoms with Gasteiger partial charge < -0.3 is 15.3 Å². The predicted molar refractivity (Wildman–Crippen MR) is 88.6 cm³/mol. The molecule has 2 rings (SSSR count). The quantitative estimate of drug-likeness (QED) is 0.849. The molecule has 0 bridgehead atoms. The zero-order chi connectivity index (χ0) is 15.6. The zero-order valence-electron chi connectivity index (χ0n) is 13.3. The summed E-state index contributed by atoms with van der Waals surface area (Å²) in [6.45, 7) is 3.33. The first-order valence-corrected chi connectivity index (χ1v) is 8.48. The van der Waals surface area contributed by atoms with E-state index in [9.17, 15) is 9.90 Å². The highest BCUT2D eigenvalue weighted by Gasteiger charge is 2.12. The first-order valence-electron chi connectivity index (χ1n) is 8.48. The van der Waals surface area contributed by atoms with Gasteiger partial charge in [-0.3, -0.25) is 4.79 Å². The molecule has 0 aromatic heterocycles. The van der Waals surface area contributed by atoms with Crippen LogP contribution in [0.15, 0.2) is 30.3 Å². The Kier molecular flexibility index (Phi) is 7.40. The maximum atomic E-state index is 11.9. The molecule has 1 aromatic carbocycles. The van der Waals surface area contributed by atoms with Crippen LogP contribution < -0.4 is 5.32 Å². The van der Waals surface area contributed by atoms with Crippen molar-refractivity contribution < 1.29 is 9.90 Å². The molecule has 1 saturated heterocycles. The molecule has 1 atom stereocenters. The number of aliphatic hydroxyl groups is 1. The fourth-order valence-electron chi connectivity index (χ4n) is 2.89. The van der Waals surface area contributed by atoms with Gasteiger partial charge in [0.15, 0.2) is 0 Å². The van der Waals surface area contributed by atoms with Gasteiger partial charge in [-0.1, -0.05) is 49.6 Å². The van der Waals surface area contributed by atoms with Gasteiger partial charge in [-0.25, -0.2) is 0 Å². The molecule has 1 fully saturated rings. The number of aliphatic hydroxyl groups excluding tert-OH is 1. The molecule has 0 spiro atoms. The van der Waals surface area contributed by atoms with Crippen molar-refractivity contribution in [3.8, 4) is 0 Å². The number of benzene rings is 1. The fraction of sp³-hybridized carbons (Fsp3) is 0.611. The van der Waals surface area contributed by atoms with Crippen molar-refractivity contribution in [2.75, 3.05) is 26.2 Å². The number of carbonyl (C=O) groups is 1. The molecule has 0 aliphatic carbocycles. The van der Waals surface area contributed by atoms with Crippen molar-refractivity contribution in [3.05, 3.63) is 35.9 Å². The van der Waals surface area contributed by atoms with E-state index in [0.29, 0.717) is 6.42 Å². The van der Waals surface area contributed by atoms with Gasteiger partial charge in [-0.15, -0.1) is 0 Å². The van der Waals surface area contributed by atoms with E-state index in [-0.39, 0.29) is 12.5 Å². The van der Waals surface area contributed by atoms with E-state index in [4.69, 9.17) is 0 Å². The van der Waals surface area contributed by atoms with Crippen molar-refractivity contribution in [2.45, 2.75) is 44.6 Å². The summed E-state index contributed by atoms with van der Waals surface area (Å²) in [6.07, 6.45) is 6.35. The van der Waals surface area contributed by atoms with Crippen LogP contribution in [0, 0.1) is 0 Å². The third-order valence-corrected chi connectivity index (χ3v) is 4.28. The Morgan fingerprint density at radius 1 is 1.09 bits per heavy atom. The Labute approximate surface area is 133 Å². The van der Waals surface area contributed by atoms with E-state index in [1.54, 1.807) is 0 Å². The molecule has 1 aromatic rings. The lowest BCUT2D eigenvalue weighted by molar-refractivity contribution is -0.121. The number of likely N-dealkylation sites (tertiary alicyclic amines) is 1. The van der Waals surface area contributed by atoms with E-state index < -0.39 is 6.10 Å². The van der Waals surface area contributed by atoms with Crippen LogP contribution in [0.25, 0.3) is 0 Å². The molecule has 0 saturated carbocycles. The van der Waals surface area contributed by atoms with Crippen LogP contribution in [0.1, 0.15) is 50.2 Å². The van der Waals surface area contributed by atoms with Crippen molar-refractivity contribution in [1.29, 1.82) is 0 Å². The molecule has 122 valence electrons. The van der Waals surface area contributed by atoms with E-state index in [1.807, 2.05) is 30.3 Å². The number of nitrogens with one attached hydrogen (secondary N) is 1. The van der Waals surface area contributed by atoms with Crippen molar-refractivity contribution in [1.82, 2.24) is 10.2 Å². The SMILES string of the molecule is O=C(CCN1CCCCCCC1)NC[C@H](O)c1ccccc1. The topological polar surface area (TPSA) is 52.6 Å². The van der Waals surface area contributed by atoms with E-state index in [1.165, 1.54) is 32.1 Å². The van der Waals surface area contributed by atoms with Gasteiger partial charge in [0, 0.05) is 19.5 Å². The normalized spacial score (nSPS) is 18.2. The average Bonchev–Trinajstić information content (AvgIpc) is 2.52. The summed E-state index contributed by atoms with van der Waals surface area (Å²) in [4.78, 5) is 14.3. The largest absolute Gasteiger partial charge is 0.387 e. The molecule has 1 aliphatic heterocycles. The molecule has 22 heavy (non-hydrogen) atoms. The second kappa shape index (κ2) is 9.59. The summed E-state index contributed by atoms with van der Waals surface area (Å²) in [7, 11) is 0. The fourth-order valence-corrected chi connectivity index (χ4v) is 2.89. The first kappa shape index (κ1) is 17.0. The second-order valence-corrected chi connectivity index (χ2v) is 6.09. The molecule has 2 N–H and O–H groups in total. The number of carbonyl (C=O) groups excluding carboxylic acids is 1. The van der Waals surface area contributed by atoms with Gasteiger partial charge >= 0.3 is 0 Å². The van der Waals surface area contributed by atoms with Crippen LogP contribution in [0.4, 0.5) is 0 Å². The molecule has 1 heterocycles. The Hall–Kier alpha value is -1.39. The van der Waals surface area contributed by atoms with E-state index >= 15 is 0 Å². The highest BCUT2D eigenvalue weighted by molar-refractivity contribution is 5.76. The number of hydrogen-bond donors (Lipinski definition) is 2. The van der Waals surface area contributed by atoms with Crippen molar-refractivity contribution in [3.63, 3.8) is 0 Å². The summed E-state index contributed by atoms with van der Waals surface area (Å²) in [5, 5.41) is 12.9. The van der Waals surface area contributed by atoms with Gasteiger partial charge in [-0.05, 0) is 31.5 Å². The average molecular weight is 304 g/mol. The summed E-state index contributed by atoms with van der Waals surface area (Å²) in [6, 6.07) is 9.44. The first-order chi connectivity index (χ1) is 10.8. The lowest BCUT2D eigenvalue weighted by Gasteiger charge is -2.24. The van der Waals surface area contributed by atoms with Crippen molar-refractivity contribution in [2.24, 2.45) is 0 Å². The third-order valence-electron chi connectivity index (χ3n) is 4.28. The molecule has 1 aliphatic rings. The summed E-state index contributed by atoms with van der Waals surface area (Å²) >= 11 is 0. The maximum Gasteiger partial charge on any atom is 0.221 e. The maximum absolute atomic E-state index is 11.9. The molecule has 4 heteroatoms. The Bertz CT molecular complexity index is 428. The molecule has 0 unspecified atom stereocenters. The van der Waals surface area contributed by atoms with Gasteiger partial charge in [-0.2, -0.15) is 0 Å². The molecule has 0 radical (unpaired) electrons. The molecule has 4 nitrogen and oxygen atoms in total. The molecular weight excluding hydrogens is 276 g/mol. The zero-order valence-corrected chi connectivity index (χ0v) is 13.3. The van der Waals surface area contributed by atoms with E-state index in [0.717, 1.165) is 25.2 Å². The monoisotopic (exact) mass is 304 g/mol. The highest BCUT2D eigenvalue weighted by atomic mass is 16.3. The molecular formula is C18H28N2O2. The van der Waals surface area contributed by atoms with E-state index in [2.05, 4.69) is 10.2 Å². The minimum Gasteiger partial charge on any atom is -0.387 e. The third kappa shape index (κ3) is 6.16. The van der Waals surface area contributed by atoms with Crippen LogP contribution in [-0.2, 0) is 4.79 Å². The predicted octanol–water partition coefficient (Wildman–Crippen LogP) is 2.49. The Morgan fingerprint density at radius 3 is 2.41 bits per heavy atom. The lowest BCUT2D eigenvalue weighted by Crippen LogP contribution is -2.34. The lowest BCUT2D eigenvalue weighted by atomic mass is 10.1. The van der Waals surface area contributed by atoms with Crippen LogP contribution in [-0.4, -0.2) is 42.1 Å². The van der Waals surface area contributed by atoms with Crippen LogP contribution >= 0.6 is 0 Å². The minimum atomic E-state index is -0.633. The number of amides is 1. The number of nitrogens with zero attached hydrogens (tertiary/aromatic N) is 1. The minimum absolute atomic E-state index is 0.0250. The van der Waals surface area contributed by atoms with Crippen LogP contribution in [0.2, 0.25) is 0 Å². The van der Waals surface area contributed by atoms with Crippen LogP contribution in [0.3, 0.4) is 0 Å². The van der Waals surface area contributed by atoms with Crippen LogP contribution in [0.5, 0.6) is 0 Å². The Balaban J connectivity index is 1.65.